The van der Waals surface area contributed by atoms with E-state index in [1.165, 1.54) is 6.33 Å². The molecule has 2 N–H and O–H groups in total. The van der Waals surface area contributed by atoms with Crippen molar-refractivity contribution in [2.75, 3.05) is 12.3 Å². The van der Waals surface area contributed by atoms with Crippen LogP contribution in [0.1, 0.15) is 46.8 Å². The summed E-state index contributed by atoms with van der Waals surface area (Å²) in [6, 6.07) is 0. The Kier molecular flexibility index (Phi) is 6.34. The van der Waals surface area contributed by atoms with Gasteiger partial charge in [-0.25, -0.2) is 4.98 Å². The predicted octanol–water partition coefficient (Wildman–Crippen LogP) is 3.18. The van der Waals surface area contributed by atoms with Gasteiger partial charge in [0.2, 0.25) is 0 Å². The molecule has 0 amide bonds. The van der Waals surface area contributed by atoms with Gasteiger partial charge in [0.1, 0.15) is 12.8 Å². The number of halogens is 1. The summed E-state index contributed by atoms with van der Waals surface area (Å²) in [5, 5.41) is -0.0853. The molecule has 0 saturated carbocycles. The van der Waals surface area contributed by atoms with Crippen LogP contribution in [-0.2, 0) is 18.7 Å². The highest BCUT2D eigenvalue weighted by atomic mass is 28.4. The molecule has 3 atom stereocenters. The maximum atomic E-state index is 13.8. The Morgan fingerprint density at radius 1 is 1.47 bits per heavy atom. The maximum absolute atomic E-state index is 13.8. The van der Waals surface area contributed by atoms with Gasteiger partial charge in [-0.05, 0) is 18.1 Å². The zero-order chi connectivity index (χ0) is 23.9. The van der Waals surface area contributed by atoms with E-state index >= 15 is 0 Å². The summed E-state index contributed by atoms with van der Waals surface area (Å²) >= 11 is 0. The van der Waals surface area contributed by atoms with Crippen molar-refractivity contribution in [3.63, 3.8) is 0 Å². The van der Waals surface area contributed by atoms with Crippen LogP contribution in [0, 0.1) is 18.4 Å². The summed E-state index contributed by atoms with van der Waals surface area (Å²) in [5.41, 5.74) is 4.91. The molecule has 2 aromatic rings. The van der Waals surface area contributed by atoms with Crippen molar-refractivity contribution in [3.05, 3.63) is 12.4 Å². The van der Waals surface area contributed by atoms with Gasteiger partial charge in [0.05, 0.1) is 12.4 Å². The quantitative estimate of drug-likeness (QED) is 0.301. The van der Waals surface area contributed by atoms with Gasteiger partial charge in [-0.3, -0.25) is 9.36 Å². The number of fused-ring (bicyclic) bond motifs is 1. The fourth-order valence-corrected chi connectivity index (χ4v) is 4.64. The van der Waals surface area contributed by atoms with Gasteiger partial charge in [-0.15, -0.1) is 6.42 Å². The molecule has 0 bridgehead atoms. The number of carbonyl (C=O) groups is 1. The average Bonchev–Trinajstić information content (AvgIpc) is 3.27. The third-order valence-corrected chi connectivity index (χ3v) is 10.7. The van der Waals surface area contributed by atoms with Crippen LogP contribution in [0.3, 0.4) is 0 Å². The first-order chi connectivity index (χ1) is 14.8. The lowest BCUT2D eigenvalue weighted by Gasteiger charge is -2.41. The van der Waals surface area contributed by atoms with E-state index in [0.717, 1.165) is 0 Å². The number of ether oxygens (including phenoxy) is 2. The van der Waals surface area contributed by atoms with E-state index in [1.807, 2.05) is 0 Å². The Labute approximate surface area is 188 Å². The van der Waals surface area contributed by atoms with Gasteiger partial charge in [0.15, 0.2) is 30.9 Å². The lowest BCUT2D eigenvalue weighted by Crippen LogP contribution is -2.52. The average molecular weight is 464 g/mol. The number of imidazole rings is 1. The monoisotopic (exact) mass is 463 g/mol. The Morgan fingerprint density at radius 2 is 2.16 bits per heavy atom. The summed E-state index contributed by atoms with van der Waals surface area (Å²) in [6.45, 7) is 12.1. The topological polar surface area (TPSA) is 114 Å². The van der Waals surface area contributed by atoms with Crippen LogP contribution in [0.2, 0.25) is 18.1 Å². The SMILES string of the molecule is C#C[C@]1(COC(=O)CC)O[C@@H](n2cnc3c(N)nc(F)nc32)C[C@@H]1O[Si](C)(C)C(C)(C)C. The first-order valence-electron chi connectivity index (χ1n) is 10.5. The van der Waals surface area contributed by atoms with Gasteiger partial charge < -0.3 is 19.6 Å². The molecule has 3 rings (SSSR count). The standard InChI is InChI=1S/C21H30FN5O4Si/c1-8-15(28)29-11-21(9-2)13(31-32(6,7)20(3,4)5)10-14(30-21)27-12-24-16-17(23)25-19(22)26-18(16)27/h2,12-14H,8,10-11H2,1,3-7H3,(H2,23,25,26)/t13-,14+,21+/m0/s1. The second-order valence-corrected chi connectivity index (χ2v) is 14.2. The highest BCUT2D eigenvalue weighted by Crippen LogP contribution is 2.45. The number of esters is 1. The lowest BCUT2D eigenvalue weighted by molar-refractivity contribution is -0.155. The number of hydrogen-bond acceptors (Lipinski definition) is 8. The molecule has 0 aromatic carbocycles. The molecule has 1 aliphatic rings. The van der Waals surface area contributed by atoms with E-state index in [1.54, 1.807) is 11.5 Å². The molecule has 1 saturated heterocycles. The van der Waals surface area contributed by atoms with Crippen LogP contribution < -0.4 is 5.73 Å². The Hall–Kier alpha value is -2.55. The molecular formula is C21H30FN5O4Si. The minimum absolute atomic E-state index is 0.0709. The number of nitrogens with two attached hydrogens (primary N) is 1. The molecule has 0 radical (unpaired) electrons. The summed E-state index contributed by atoms with van der Waals surface area (Å²) in [5.74, 6) is 2.21. The Balaban J connectivity index is 2.01. The van der Waals surface area contributed by atoms with Crippen molar-refractivity contribution in [3.8, 4) is 12.3 Å². The number of hydrogen-bond donors (Lipinski definition) is 1. The zero-order valence-corrected chi connectivity index (χ0v) is 20.3. The molecular weight excluding hydrogens is 433 g/mol. The molecule has 1 aliphatic heterocycles. The molecule has 2 aromatic heterocycles. The molecule has 9 nitrogen and oxygen atoms in total. The first kappa shape index (κ1) is 24.1. The maximum Gasteiger partial charge on any atom is 0.312 e. The molecule has 1 fully saturated rings. The smallest absolute Gasteiger partial charge is 0.312 e. The van der Waals surface area contributed by atoms with Gasteiger partial charge >= 0.3 is 12.0 Å². The fourth-order valence-electron chi connectivity index (χ4n) is 3.29. The molecule has 11 heteroatoms. The molecule has 0 unspecified atom stereocenters. The van der Waals surface area contributed by atoms with Crippen molar-refractivity contribution in [1.82, 2.24) is 19.5 Å². The van der Waals surface area contributed by atoms with E-state index in [-0.39, 0.29) is 35.0 Å². The molecule has 0 spiro atoms. The normalized spacial score (nSPS) is 23.9. The van der Waals surface area contributed by atoms with E-state index in [4.69, 9.17) is 26.1 Å². The van der Waals surface area contributed by atoms with Crippen molar-refractivity contribution in [2.45, 2.75) is 76.6 Å². The van der Waals surface area contributed by atoms with Gasteiger partial charge in [0, 0.05) is 12.8 Å². The minimum Gasteiger partial charge on any atom is -0.461 e. The third-order valence-electron chi connectivity index (χ3n) is 6.24. The number of anilines is 1. The van der Waals surface area contributed by atoms with Crippen LogP contribution in [-0.4, -0.2) is 52.1 Å². The van der Waals surface area contributed by atoms with Crippen molar-refractivity contribution in [2.24, 2.45) is 0 Å². The number of aromatic nitrogens is 4. The summed E-state index contributed by atoms with van der Waals surface area (Å²) in [7, 11) is -2.27. The van der Waals surface area contributed by atoms with E-state index in [2.05, 4.69) is 54.7 Å². The molecule has 174 valence electrons. The van der Waals surface area contributed by atoms with Crippen LogP contribution in [0.4, 0.5) is 10.2 Å². The van der Waals surface area contributed by atoms with Crippen molar-refractivity contribution < 1.29 is 23.1 Å². The number of nitrogen functional groups attached to an aromatic ring is 1. The van der Waals surface area contributed by atoms with Gasteiger partial charge in [0.25, 0.3) is 0 Å². The van der Waals surface area contributed by atoms with Crippen LogP contribution in [0.5, 0.6) is 0 Å². The van der Waals surface area contributed by atoms with Crippen LogP contribution >= 0.6 is 0 Å². The van der Waals surface area contributed by atoms with Crippen molar-refractivity contribution >= 4 is 31.3 Å². The lowest BCUT2D eigenvalue weighted by atomic mass is 9.99. The highest BCUT2D eigenvalue weighted by Gasteiger charge is 2.54. The van der Waals surface area contributed by atoms with E-state index in [0.29, 0.717) is 6.42 Å². The first-order valence-corrected chi connectivity index (χ1v) is 13.4. The summed E-state index contributed by atoms with van der Waals surface area (Å²) in [4.78, 5) is 23.4. The summed E-state index contributed by atoms with van der Waals surface area (Å²) in [6.07, 6.45) is 5.71. The number of carbonyl (C=O) groups excluding carboxylic acids is 1. The second-order valence-electron chi connectivity index (χ2n) is 9.43. The number of nitrogens with zero attached hydrogens (tertiary/aromatic N) is 4. The predicted molar refractivity (Wildman–Crippen MR) is 119 cm³/mol. The zero-order valence-electron chi connectivity index (χ0n) is 19.3. The second kappa shape index (κ2) is 8.42. The number of terminal acetylenes is 1. The van der Waals surface area contributed by atoms with E-state index < -0.39 is 38.3 Å². The van der Waals surface area contributed by atoms with Crippen LogP contribution in [0.25, 0.3) is 11.2 Å². The minimum atomic E-state index is -2.27. The summed E-state index contributed by atoms with van der Waals surface area (Å²) < 4.78 is 33.7. The van der Waals surface area contributed by atoms with Gasteiger partial charge in [-0.1, -0.05) is 33.6 Å². The Bertz CT molecular complexity index is 1060. The van der Waals surface area contributed by atoms with Gasteiger partial charge in [-0.2, -0.15) is 14.4 Å². The largest absolute Gasteiger partial charge is 0.461 e. The van der Waals surface area contributed by atoms with Crippen molar-refractivity contribution in [1.29, 1.82) is 0 Å². The number of rotatable bonds is 6. The fraction of sp³-hybridized carbons (Fsp3) is 0.619. The third kappa shape index (κ3) is 4.35. The molecule has 3 heterocycles. The van der Waals surface area contributed by atoms with Crippen LogP contribution in [0.15, 0.2) is 6.33 Å². The molecule has 0 aliphatic carbocycles. The molecule has 32 heavy (non-hydrogen) atoms. The highest BCUT2D eigenvalue weighted by molar-refractivity contribution is 6.74. The Morgan fingerprint density at radius 3 is 2.75 bits per heavy atom. The van der Waals surface area contributed by atoms with E-state index in [9.17, 15) is 9.18 Å².